The number of hydrogen-bond acceptors (Lipinski definition) is 5. The third kappa shape index (κ3) is 1.29. The maximum Gasteiger partial charge on any atom is 0.217 e. The summed E-state index contributed by atoms with van der Waals surface area (Å²) in [6, 6.07) is 3.72. The predicted octanol–water partition coefficient (Wildman–Crippen LogP) is 3.09. The Hall–Kier alpha value is -2.21. The molecule has 0 aliphatic heterocycles. The van der Waals surface area contributed by atoms with Crippen molar-refractivity contribution in [2.45, 2.75) is 19.3 Å². The molecule has 0 saturated heterocycles. The van der Waals surface area contributed by atoms with Gasteiger partial charge in [0.25, 0.3) is 0 Å². The lowest BCUT2D eigenvalue weighted by Crippen LogP contribution is -1.90. The van der Waals surface area contributed by atoms with Crippen LogP contribution < -0.4 is 0 Å². The van der Waals surface area contributed by atoms with Crippen LogP contribution in [0.2, 0.25) is 0 Å². The summed E-state index contributed by atoms with van der Waals surface area (Å²) >= 11 is 1.79. The van der Waals surface area contributed by atoms with Crippen molar-refractivity contribution in [2.24, 2.45) is 0 Å². The molecule has 5 rings (SSSR count). The quantitative estimate of drug-likeness (QED) is 0.538. The van der Waals surface area contributed by atoms with Gasteiger partial charge in [0.1, 0.15) is 11.2 Å². The van der Waals surface area contributed by atoms with Crippen LogP contribution in [0.15, 0.2) is 29.1 Å². The molecule has 1 aliphatic rings. The van der Waals surface area contributed by atoms with Crippen molar-refractivity contribution < 1.29 is 4.42 Å². The van der Waals surface area contributed by atoms with Crippen molar-refractivity contribution in [1.82, 2.24) is 19.6 Å². The largest absolute Gasteiger partial charge is 0.461 e. The van der Waals surface area contributed by atoms with Crippen molar-refractivity contribution in [3.8, 4) is 11.6 Å². The van der Waals surface area contributed by atoms with Crippen LogP contribution in [0.3, 0.4) is 0 Å². The van der Waals surface area contributed by atoms with E-state index in [4.69, 9.17) is 4.42 Å². The summed E-state index contributed by atoms with van der Waals surface area (Å²) in [7, 11) is 0. The lowest BCUT2D eigenvalue weighted by atomic mass is 10.2. The zero-order chi connectivity index (χ0) is 13.1. The number of nitrogens with zero attached hydrogens (tertiary/aromatic N) is 4. The van der Waals surface area contributed by atoms with Crippen LogP contribution in [-0.2, 0) is 12.8 Å². The highest BCUT2D eigenvalue weighted by atomic mass is 32.1. The number of thiophene rings is 1. The molecule has 6 heteroatoms. The molecule has 4 heterocycles. The molecule has 98 valence electrons. The van der Waals surface area contributed by atoms with Gasteiger partial charge in [0.2, 0.25) is 5.82 Å². The zero-order valence-electron chi connectivity index (χ0n) is 10.5. The Morgan fingerprint density at radius 1 is 1.30 bits per heavy atom. The van der Waals surface area contributed by atoms with E-state index in [0.717, 1.165) is 16.9 Å². The number of furan rings is 1. The molecular weight excluding hydrogens is 272 g/mol. The summed E-state index contributed by atoms with van der Waals surface area (Å²) in [6.07, 6.45) is 6.90. The van der Waals surface area contributed by atoms with E-state index < -0.39 is 0 Å². The van der Waals surface area contributed by atoms with E-state index in [1.807, 2.05) is 12.1 Å². The molecule has 0 aromatic carbocycles. The Bertz CT molecular complexity index is 935. The predicted molar refractivity (Wildman–Crippen MR) is 75.9 cm³/mol. The van der Waals surface area contributed by atoms with Crippen LogP contribution in [0, 0.1) is 0 Å². The second-order valence-corrected chi connectivity index (χ2v) is 6.05. The van der Waals surface area contributed by atoms with Crippen LogP contribution in [0.25, 0.3) is 27.4 Å². The summed E-state index contributed by atoms with van der Waals surface area (Å²) in [5.41, 5.74) is 2.31. The average Bonchev–Trinajstić information content (AvgIpc) is 3.20. The van der Waals surface area contributed by atoms with Gasteiger partial charge in [-0.05, 0) is 37.0 Å². The van der Waals surface area contributed by atoms with Gasteiger partial charge in [-0.25, -0.2) is 14.5 Å². The van der Waals surface area contributed by atoms with Gasteiger partial charge in [0.05, 0.1) is 11.6 Å². The van der Waals surface area contributed by atoms with Gasteiger partial charge in [-0.1, -0.05) is 0 Å². The van der Waals surface area contributed by atoms with Crippen LogP contribution in [0.5, 0.6) is 0 Å². The number of aryl methyl sites for hydroxylation is 2. The Morgan fingerprint density at radius 3 is 3.20 bits per heavy atom. The van der Waals surface area contributed by atoms with Crippen molar-refractivity contribution in [3.63, 3.8) is 0 Å². The van der Waals surface area contributed by atoms with Crippen molar-refractivity contribution in [3.05, 3.63) is 35.2 Å². The van der Waals surface area contributed by atoms with Crippen LogP contribution >= 0.6 is 11.3 Å². The van der Waals surface area contributed by atoms with E-state index in [2.05, 4.69) is 15.1 Å². The Labute approximate surface area is 117 Å². The molecule has 4 aromatic heterocycles. The molecule has 0 N–H and O–H groups in total. The van der Waals surface area contributed by atoms with Gasteiger partial charge in [-0.3, -0.25) is 0 Å². The monoisotopic (exact) mass is 282 g/mol. The van der Waals surface area contributed by atoms with Crippen molar-refractivity contribution in [1.29, 1.82) is 0 Å². The molecule has 1 aliphatic carbocycles. The zero-order valence-corrected chi connectivity index (χ0v) is 11.4. The number of aromatic nitrogens is 4. The summed E-state index contributed by atoms with van der Waals surface area (Å²) in [5, 5.41) is 5.64. The molecule has 0 atom stereocenters. The second-order valence-electron chi connectivity index (χ2n) is 4.96. The molecule has 0 bridgehead atoms. The van der Waals surface area contributed by atoms with Crippen LogP contribution in [-0.4, -0.2) is 19.6 Å². The second kappa shape index (κ2) is 3.67. The molecule has 0 spiro atoms. The summed E-state index contributed by atoms with van der Waals surface area (Å²) in [6.45, 7) is 0. The fourth-order valence-corrected chi connectivity index (χ4v) is 4.13. The molecule has 20 heavy (non-hydrogen) atoms. The first-order chi connectivity index (χ1) is 9.90. The van der Waals surface area contributed by atoms with Crippen LogP contribution in [0.1, 0.15) is 16.9 Å². The van der Waals surface area contributed by atoms with Gasteiger partial charge < -0.3 is 4.42 Å². The third-order valence-electron chi connectivity index (χ3n) is 3.78. The van der Waals surface area contributed by atoms with Gasteiger partial charge in [0.15, 0.2) is 11.4 Å². The van der Waals surface area contributed by atoms with Gasteiger partial charge in [0, 0.05) is 4.88 Å². The molecule has 0 unspecified atom stereocenters. The SMILES string of the molecule is c1coc(-c2nc3c4c5c(sc4ncn3n2)CCC5)c1. The minimum atomic E-state index is 0.613. The minimum Gasteiger partial charge on any atom is -0.461 e. The Morgan fingerprint density at radius 2 is 2.30 bits per heavy atom. The molecular formula is C14H10N4OS. The molecule has 0 radical (unpaired) electrons. The van der Waals surface area contributed by atoms with E-state index in [9.17, 15) is 0 Å². The topological polar surface area (TPSA) is 56.2 Å². The number of fused-ring (bicyclic) bond motifs is 5. The van der Waals surface area contributed by atoms with E-state index in [-0.39, 0.29) is 0 Å². The van der Waals surface area contributed by atoms with Gasteiger partial charge in [-0.2, -0.15) is 0 Å². The molecule has 4 aromatic rings. The highest BCUT2D eigenvalue weighted by Crippen LogP contribution is 2.38. The van der Waals surface area contributed by atoms with E-state index in [1.165, 1.54) is 28.7 Å². The molecule has 0 saturated carbocycles. The Kier molecular flexibility index (Phi) is 1.94. The highest BCUT2D eigenvalue weighted by Gasteiger charge is 2.22. The van der Waals surface area contributed by atoms with Crippen molar-refractivity contribution in [2.75, 3.05) is 0 Å². The summed E-state index contributed by atoms with van der Waals surface area (Å²) in [5.74, 6) is 1.30. The van der Waals surface area contributed by atoms with E-state index in [1.54, 1.807) is 28.4 Å². The van der Waals surface area contributed by atoms with Crippen LogP contribution in [0.4, 0.5) is 0 Å². The van der Waals surface area contributed by atoms with E-state index in [0.29, 0.717) is 11.6 Å². The van der Waals surface area contributed by atoms with Crippen molar-refractivity contribution >= 4 is 27.2 Å². The maximum absolute atomic E-state index is 5.38. The van der Waals surface area contributed by atoms with Gasteiger partial charge in [-0.15, -0.1) is 16.4 Å². The summed E-state index contributed by atoms with van der Waals surface area (Å²) < 4.78 is 7.13. The smallest absolute Gasteiger partial charge is 0.217 e. The molecule has 0 amide bonds. The normalized spacial score (nSPS) is 14.4. The Balaban J connectivity index is 1.88. The lowest BCUT2D eigenvalue weighted by molar-refractivity contribution is 0.577. The molecule has 5 nitrogen and oxygen atoms in total. The number of rotatable bonds is 1. The van der Waals surface area contributed by atoms with Gasteiger partial charge >= 0.3 is 0 Å². The first-order valence-electron chi connectivity index (χ1n) is 6.59. The molecule has 0 fully saturated rings. The highest BCUT2D eigenvalue weighted by molar-refractivity contribution is 7.19. The average molecular weight is 282 g/mol. The first kappa shape index (κ1) is 10.6. The number of hydrogen-bond donors (Lipinski definition) is 0. The lowest BCUT2D eigenvalue weighted by Gasteiger charge is -1.95. The standard InChI is InChI=1S/C14H10N4OS/c1-3-8-10(5-1)20-14-11(8)13-16-12(9-4-2-6-19-9)17-18(13)7-15-14/h2,4,6-7H,1,3,5H2. The maximum atomic E-state index is 5.38. The first-order valence-corrected chi connectivity index (χ1v) is 7.41. The third-order valence-corrected chi connectivity index (χ3v) is 4.98. The van der Waals surface area contributed by atoms with E-state index >= 15 is 0 Å². The fraction of sp³-hybridized carbons (Fsp3) is 0.214. The minimum absolute atomic E-state index is 0.613. The summed E-state index contributed by atoms with van der Waals surface area (Å²) in [4.78, 5) is 11.7. The fourth-order valence-electron chi connectivity index (χ4n) is 2.90.